The van der Waals surface area contributed by atoms with E-state index in [1.807, 2.05) is 0 Å². The summed E-state index contributed by atoms with van der Waals surface area (Å²) in [7, 11) is 6.51. The van der Waals surface area contributed by atoms with Gasteiger partial charge in [0, 0.05) is 5.40 Å². The molecule has 1 heterocycles. The highest BCUT2D eigenvalue weighted by molar-refractivity contribution is 8.38. The van der Waals surface area contributed by atoms with Gasteiger partial charge >= 0.3 is 0 Å². The van der Waals surface area contributed by atoms with Crippen LogP contribution in [0.15, 0.2) is 0 Å². The molecule has 0 aliphatic carbocycles. The van der Waals surface area contributed by atoms with Crippen molar-refractivity contribution in [3.05, 3.63) is 0 Å². The van der Waals surface area contributed by atoms with Gasteiger partial charge in [0.05, 0.1) is 0 Å². The smallest absolute Gasteiger partial charge is 0.0492 e. The van der Waals surface area contributed by atoms with Crippen molar-refractivity contribution in [3.63, 3.8) is 0 Å². The lowest BCUT2D eigenvalue weighted by molar-refractivity contribution is 1.43. The molecule has 0 N–H and O–H groups in total. The minimum absolute atomic E-state index is 0.966. The number of rotatable bonds is 0. The minimum Gasteiger partial charge on any atom is -0.0535 e. The minimum atomic E-state index is 0.966. The van der Waals surface area contributed by atoms with E-state index in [4.69, 9.17) is 0 Å². The van der Waals surface area contributed by atoms with Crippen molar-refractivity contribution in [2.75, 3.05) is 0 Å². The SMILES string of the molecule is CC1P=PP=P1. The summed E-state index contributed by atoms with van der Waals surface area (Å²) >= 11 is 0. The van der Waals surface area contributed by atoms with E-state index >= 15 is 0 Å². The Morgan fingerprint density at radius 3 is 1.83 bits per heavy atom. The summed E-state index contributed by atoms with van der Waals surface area (Å²) in [5, 5.41) is 0.966. The third-order valence-corrected chi connectivity index (χ3v) is 10.9. The van der Waals surface area contributed by atoms with Gasteiger partial charge in [0.1, 0.15) is 0 Å². The first-order valence-corrected chi connectivity index (χ1v) is 7.53. The first-order valence-electron chi connectivity index (χ1n) is 1.69. The zero-order chi connectivity index (χ0) is 4.41. The van der Waals surface area contributed by atoms with Crippen molar-refractivity contribution < 1.29 is 0 Å². The van der Waals surface area contributed by atoms with Crippen LogP contribution in [0, 0.1) is 0 Å². The van der Waals surface area contributed by atoms with E-state index in [0.717, 1.165) is 5.40 Å². The van der Waals surface area contributed by atoms with Crippen LogP contribution >= 0.6 is 30.8 Å². The molecule has 0 spiro atoms. The summed E-state index contributed by atoms with van der Waals surface area (Å²) in [5.41, 5.74) is 0. The van der Waals surface area contributed by atoms with Crippen LogP contribution in [0.2, 0.25) is 0 Å². The fourth-order valence-electron chi connectivity index (χ4n) is 0.219. The second-order valence-electron chi connectivity index (χ2n) is 1.04. The van der Waals surface area contributed by atoms with Gasteiger partial charge in [0.15, 0.2) is 0 Å². The van der Waals surface area contributed by atoms with E-state index in [-0.39, 0.29) is 0 Å². The molecule has 0 fully saturated rings. The highest BCUT2D eigenvalue weighted by atomic mass is 32.4. The molecule has 0 saturated heterocycles. The van der Waals surface area contributed by atoms with Crippen molar-refractivity contribution in [2.24, 2.45) is 0 Å². The molecular formula is C2H4P4. The largest absolute Gasteiger partial charge is 0.0535 e. The Labute approximate surface area is 43.8 Å². The number of hydrogen-bond acceptors (Lipinski definition) is 0. The van der Waals surface area contributed by atoms with Crippen molar-refractivity contribution in [1.82, 2.24) is 0 Å². The predicted molar refractivity (Wildman–Crippen MR) is 37.1 cm³/mol. The molecule has 4 heteroatoms. The van der Waals surface area contributed by atoms with Crippen LogP contribution in [0.3, 0.4) is 0 Å². The maximum absolute atomic E-state index is 2.30. The summed E-state index contributed by atoms with van der Waals surface area (Å²) in [6, 6.07) is 0. The molecular weight excluding hydrogens is 148 g/mol. The van der Waals surface area contributed by atoms with Gasteiger partial charge in [-0.05, 0) is 22.0 Å². The van der Waals surface area contributed by atoms with Gasteiger partial charge in [-0.3, -0.25) is 0 Å². The molecule has 1 rings (SSSR count). The molecule has 0 atom stereocenters. The summed E-state index contributed by atoms with van der Waals surface area (Å²) in [6.45, 7) is 2.30. The van der Waals surface area contributed by atoms with Gasteiger partial charge in [-0.2, -0.15) is 0 Å². The highest BCUT2D eigenvalue weighted by Crippen LogP contribution is 2.51. The topological polar surface area (TPSA) is 0 Å². The van der Waals surface area contributed by atoms with Crippen LogP contribution in [0.5, 0.6) is 0 Å². The Morgan fingerprint density at radius 1 is 1.17 bits per heavy atom. The van der Waals surface area contributed by atoms with E-state index in [0.29, 0.717) is 0 Å². The van der Waals surface area contributed by atoms with Crippen molar-refractivity contribution in [2.45, 2.75) is 12.3 Å². The van der Waals surface area contributed by atoms with Gasteiger partial charge in [-0.1, -0.05) is 15.7 Å². The quantitative estimate of drug-likeness (QED) is 0.462. The zero-order valence-electron chi connectivity index (χ0n) is 3.37. The Hall–Kier alpha value is 1.20. The lowest BCUT2D eigenvalue weighted by atomic mass is 11.0. The van der Waals surface area contributed by atoms with Crippen LogP contribution in [0.1, 0.15) is 6.92 Å². The monoisotopic (exact) mass is 152 g/mol. The summed E-state index contributed by atoms with van der Waals surface area (Å²) in [4.78, 5) is 0. The van der Waals surface area contributed by atoms with Crippen LogP contribution < -0.4 is 0 Å². The Morgan fingerprint density at radius 2 is 1.67 bits per heavy atom. The standard InChI is InChI=1S/C2H4P4/c1-2-3-5-6-4-2/h2H,1H3. The molecule has 1 aliphatic heterocycles. The van der Waals surface area contributed by atoms with E-state index in [1.165, 1.54) is 0 Å². The average molecular weight is 152 g/mol. The summed E-state index contributed by atoms with van der Waals surface area (Å²) in [5.74, 6) is 0. The molecule has 6 heavy (non-hydrogen) atoms. The van der Waals surface area contributed by atoms with E-state index in [9.17, 15) is 0 Å². The van der Waals surface area contributed by atoms with Gasteiger partial charge in [-0.15, -0.1) is 0 Å². The molecule has 0 nitrogen and oxygen atoms in total. The Kier molecular flexibility index (Phi) is 2.22. The second-order valence-corrected chi connectivity index (χ2v) is 9.50. The summed E-state index contributed by atoms with van der Waals surface area (Å²) in [6.07, 6.45) is 0. The molecule has 0 aromatic carbocycles. The van der Waals surface area contributed by atoms with Crippen molar-refractivity contribution in [1.29, 1.82) is 0 Å². The van der Waals surface area contributed by atoms with Crippen LogP contribution in [-0.4, -0.2) is 5.40 Å². The third-order valence-electron chi connectivity index (χ3n) is 0.477. The van der Waals surface area contributed by atoms with Gasteiger partial charge in [0.25, 0.3) is 0 Å². The van der Waals surface area contributed by atoms with Gasteiger partial charge < -0.3 is 0 Å². The third kappa shape index (κ3) is 1.36. The fourth-order valence-corrected chi connectivity index (χ4v) is 12.1. The first kappa shape index (κ1) is 5.34. The van der Waals surface area contributed by atoms with E-state index in [2.05, 4.69) is 6.92 Å². The highest BCUT2D eigenvalue weighted by Gasteiger charge is 1.93. The normalized spacial score (nSPS) is 39.8. The number of hydrogen-bond donors (Lipinski definition) is 0. The average Bonchev–Trinajstić information content (AvgIpc) is 1.86. The van der Waals surface area contributed by atoms with E-state index in [1.54, 1.807) is 30.8 Å². The molecule has 0 bridgehead atoms. The fraction of sp³-hybridized carbons (Fsp3) is 1.00. The maximum atomic E-state index is 2.30. The lowest BCUT2D eigenvalue weighted by Gasteiger charge is -1.80. The summed E-state index contributed by atoms with van der Waals surface area (Å²) < 4.78 is 0. The zero-order valence-corrected chi connectivity index (χ0v) is 6.94. The Bertz CT molecular complexity index is 81.7. The lowest BCUT2D eigenvalue weighted by Crippen LogP contribution is -1.62. The van der Waals surface area contributed by atoms with Gasteiger partial charge in [0.2, 0.25) is 0 Å². The van der Waals surface area contributed by atoms with Crippen molar-refractivity contribution in [3.8, 4) is 0 Å². The van der Waals surface area contributed by atoms with Crippen LogP contribution in [0.4, 0.5) is 0 Å². The molecule has 32 valence electrons. The first-order chi connectivity index (χ1) is 2.89. The molecule has 0 amide bonds. The maximum Gasteiger partial charge on any atom is 0.0492 e. The molecule has 0 unspecified atom stereocenters. The molecule has 0 saturated carbocycles. The molecule has 0 aromatic rings. The molecule has 0 aromatic heterocycles. The predicted octanol–water partition coefficient (Wildman–Crippen LogP) is 3.88. The van der Waals surface area contributed by atoms with Gasteiger partial charge in [-0.25, -0.2) is 0 Å². The molecule has 1 aliphatic rings. The van der Waals surface area contributed by atoms with Crippen LogP contribution in [0.25, 0.3) is 0 Å². The second kappa shape index (κ2) is 2.49. The van der Waals surface area contributed by atoms with Crippen molar-refractivity contribution >= 4 is 30.8 Å². The molecule has 0 radical (unpaired) electrons. The van der Waals surface area contributed by atoms with E-state index < -0.39 is 0 Å². The van der Waals surface area contributed by atoms with Crippen LogP contribution in [-0.2, 0) is 0 Å². The Balaban J connectivity index is 2.60.